The number of amides is 2. The first-order chi connectivity index (χ1) is 16.0. The van der Waals surface area contributed by atoms with Gasteiger partial charge in [-0.15, -0.1) is 0 Å². The second-order valence-corrected chi connectivity index (χ2v) is 9.22. The molecule has 1 aromatic carbocycles. The summed E-state index contributed by atoms with van der Waals surface area (Å²) in [6.45, 7) is 5.63. The molecule has 0 aliphatic heterocycles. The zero-order valence-electron chi connectivity index (χ0n) is 20.1. The summed E-state index contributed by atoms with van der Waals surface area (Å²) in [7, 11) is 0. The number of benzene rings is 1. The van der Waals surface area contributed by atoms with Gasteiger partial charge in [-0.2, -0.15) is 0 Å². The maximum absolute atomic E-state index is 13.5. The highest BCUT2D eigenvalue weighted by molar-refractivity contribution is 5.84. The molecular weight excluding hydrogens is 417 g/mol. The Hall–Kier alpha value is -2.63. The molecule has 1 aliphatic rings. The number of hydrogen-bond donors (Lipinski definition) is 0. The van der Waals surface area contributed by atoms with E-state index in [1.54, 1.807) is 24.0 Å². The van der Waals surface area contributed by atoms with Crippen LogP contribution in [0.3, 0.4) is 0 Å². The first-order valence-corrected chi connectivity index (χ1v) is 12.4. The monoisotopic (exact) mass is 455 g/mol. The molecule has 0 bridgehead atoms. The smallest absolute Gasteiger partial charge is 0.242 e. The van der Waals surface area contributed by atoms with Crippen molar-refractivity contribution in [2.24, 2.45) is 0 Å². The molecule has 1 saturated carbocycles. The molecular formula is C27H38FN3O2. The Labute approximate surface area is 197 Å². The van der Waals surface area contributed by atoms with Crippen LogP contribution in [0.1, 0.15) is 76.5 Å². The van der Waals surface area contributed by atoms with E-state index in [4.69, 9.17) is 0 Å². The standard InChI is InChI=1S/C27H38FN3O2/c1-3-4-8-17-29(22(2)32)21-27(33)31(25-10-6-5-7-11-25)20-26-12-9-18-30(26)19-23-13-15-24(28)16-14-23/h9,12-16,18,25H,3-8,10-11,17,19-21H2,1-2H3. The van der Waals surface area contributed by atoms with Crippen LogP contribution in [0.25, 0.3) is 0 Å². The van der Waals surface area contributed by atoms with Crippen molar-refractivity contribution >= 4 is 11.8 Å². The van der Waals surface area contributed by atoms with Gasteiger partial charge in [-0.25, -0.2) is 4.39 Å². The average molecular weight is 456 g/mol. The Morgan fingerprint density at radius 2 is 1.79 bits per heavy atom. The van der Waals surface area contributed by atoms with E-state index in [1.165, 1.54) is 18.6 Å². The molecule has 1 aromatic heterocycles. The molecule has 6 heteroatoms. The predicted molar refractivity (Wildman–Crippen MR) is 129 cm³/mol. The van der Waals surface area contributed by atoms with E-state index in [-0.39, 0.29) is 30.2 Å². The summed E-state index contributed by atoms with van der Waals surface area (Å²) in [5.74, 6) is -0.250. The molecule has 0 radical (unpaired) electrons. The maximum atomic E-state index is 13.5. The van der Waals surface area contributed by atoms with E-state index < -0.39 is 0 Å². The molecule has 0 spiro atoms. The zero-order valence-corrected chi connectivity index (χ0v) is 20.1. The van der Waals surface area contributed by atoms with Crippen LogP contribution in [-0.2, 0) is 22.7 Å². The number of aromatic nitrogens is 1. The normalized spacial score (nSPS) is 14.3. The third kappa shape index (κ3) is 7.44. The van der Waals surface area contributed by atoms with Gasteiger partial charge < -0.3 is 14.4 Å². The lowest BCUT2D eigenvalue weighted by molar-refractivity contribution is -0.142. The van der Waals surface area contributed by atoms with E-state index >= 15 is 0 Å². The van der Waals surface area contributed by atoms with Crippen molar-refractivity contribution < 1.29 is 14.0 Å². The van der Waals surface area contributed by atoms with E-state index in [0.29, 0.717) is 19.6 Å². The second-order valence-electron chi connectivity index (χ2n) is 9.22. The number of rotatable bonds is 11. The Kier molecular flexibility index (Phi) is 9.52. The fourth-order valence-corrected chi connectivity index (χ4v) is 4.68. The Bertz CT molecular complexity index is 887. The molecule has 5 nitrogen and oxygen atoms in total. The van der Waals surface area contributed by atoms with Gasteiger partial charge in [-0.1, -0.05) is 51.2 Å². The number of carbonyl (C=O) groups is 2. The minimum absolute atomic E-state index is 0.0307. The van der Waals surface area contributed by atoms with Crippen molar-refractivity contribution in [1.82, 2.24) is 14.4 Å². The summed E-state index contributed by atoms with van der Waals surface area (Å²) in [6.07, 6.45) is 10.6. The molecule has 1 fully saturated rings. The van der Waals surface area contributed by atoms with Gasteiger partial charge in [0.05, 0.1) is 13.1 Å². The van der Waals surface area contributed by atoms with E-state index in [0.717, 1.165) is 56.2 Å². The lowest BCUT2D eigenvalue weighted by Gasteiger charge is -2.36. The van der Waals surface area contributed by atoms with Gasteiger partial charge in [0.1, 0.15) is 5.82 Å². The Morgan fingerprint density at radius 1 is 1.06 bits per heavy atom. The van der Waals surface area contributed by atoms with E-state index in [1.807, 2.05) is 17.2 Å². The maximum Gasteiger partial charge on any atom is 0.242 e. The van der Waals surface area contributed by atoms with Crippen molar-refractivity contribution in [2.75, 3.05) is 13.1 Å². The molecule has 3 rings (SSSR count). The fourth-order valence-electron chi connectivity index (χ4n) is 4.68. The summed E-state index contributed by atoms with van der Waals surface area (Å²) in [5, 5.41) is 0. The molecule has 33 heavy (non-hydrogen) atoms. The van der Waals surface area contributed by atoms with Crippen LogP contribution in [0.5, 0.6) is 0 Å². The van der Waals surface area contributed by atoms with Gasteiger partial charge in [0.2, 0.25) is 11.8 Å². The molecule has 0 atom stereocenters. The Morgan fingerprint density at radius 3 is 2.45 bits per heavy atom. The topological polar surface area (TPSA) is 45.6 Å². The molecule has 2 aromatic rings. The molecule has 2 amide bonds. The molecule has 180 valence electrons. The van der Waals surface area contributed by atoms with Crippen LogP contribution >= 0.6 is 0 Å². The van der Waals surface area contributed by atoms with Crippen LogP contribution in [0, 0.1) is 5.82 Å². The highest BCUT2D eigenvalue weighted by Crippen LogP contribution is 2.25. The van der Waals surface area contributed by atoms with Crippen molar-refractivity contribution in [2.45, 2.75) is 84.3 Å². The predicted octanol–water partition coefficient (Wildman–Crippen LogP) is 5.38. The van der Waals surface area contributed by atoms with Crippen LogP contribution < -0.4 is 0 Å². The summed E-state index contributed by atoms with van der Waals surface area (Å²) in [5.41, 5.74) is 2.07. The largest absolute Gasteiger partial charge is 0.345 e. The highest BCUT2D eigenvalue weighted by atomic mass is 19.1. The highest BCUT2D eigenvalue weighted by Gasteiger charge is 2.28. The molecule has 1 aliphatic carbocycles. The average Bonchev–Trinajstić information content (AvgIpc) is 3.25. The zero-order chi connectivity index (χ0) is 23.6. The lowest BCUT2D eigenvalue weighted by atomic mass is 9.94. The van der Waals surface area contributed by atoms with Crippen molar-refractivity contribution in [3.05, 3.63) is 59.7 Å². The van der Waals surface area contributed by atoms with E-state index in [9.17, 15) is 14.0 Å². The van der Waals surface area contributed by atoms with Crippen molar-refractivity contribution in [3.63, 3.8) is 0 Å². The fraction of sp³-hybridized carbons (Fsp3) is 0.556. The minimum atomic E-state index is -0.241. The van der Waals surface area contributed by atoms with Crippen molar-refractivity contribution in [1.29, 1.82) is 0 Å². The lowest BCUT2D eigenvalue weighted by Crippen LogP contribution is -2.47. The van der Waals surface area contributed by atoms with Gasteiger partial charge in [0.25, 0.3) is 0 Å². The molecule has 0 unspecified atom stereocenters. The van der Waals surface area contributed by atoms with E-state index in [2.05, 4.69) is 17.6 Å². The van der Waals surface area contributed by atoms with Gasteiger partial charge in [-0.3, -0.25) is 9.59 Å². The first-order valence-electron chi connectivity index (χ1n) is 12.4. The van der Waals surface area contributed by atoms with Crippen LogP contribution in [-0.4, -0.2) is 45.3 Å². The van der Waals surface area contributed by atoms with Gasteiger partial charge >= 0.3 is 0 Å². The van der Waals surface area contributed by atoms with Crippen molar-refractivity contribution in [3.8, 4) is 0 Å². The van der Waals surface area contributed by atoms with Gasteiger partial charge in [0, 0.05) is 37.9 Å². The molecule has 0 saturated heterocycles. The quantitative estimate of drug-likeness (QED) is 0.427. The Balaban J connectivity index is 1.74. The number of hydrogen-bond acceptors (Lipinski definition) is 2. The number of unbranched alkanes of at least 4 members (excludes halogenated alkanes) is 2. The summed E-state index contributed by atoms with van der Waals surface area (Å²) in [6, 6.07) is 10.8. The number of halogens is 1. The van der Waals surface area contributed by atoms with Gasteiger partial charge in [-0.05, 0) is 49.1 Å². The first kappa shape index (κ1) is 25.0. The van der Waals surface area contributed by atoms with Crippen LogP contribution in [0.2, 0.25) is 0 Å². The summed E-state index contributed by atoms with van der Waals surface area (Å²) < 4.78 is 15.4. The summed E-state index contributed by atoms with van der Waals surface area (Å²) in [4.78, 5) is 29.4. The second kappa shape index (κ2) is 12.6. The number of carbonyl (C=O) groups excluding carboxylic acids is 2. The van der Waals surface area contributed by atoms with Gasteiger partial charge in [0.15, 0.2) is 0 Å². The SMILES string of the molecule is CCCCCN(CC(=O)N(Cc1cccn1Cc1ccc(F)cc1)C1CCCCC1)C(C)=O. The number of nitrogens with zero attached hydrogens (tertiary/aromatic N) is 3. The third-order valence-corrected chi connectivity index (χ3v) is 6.66. The molecule has 1 heterocycles. The summed E-state index contributed by atoms with van der Waals surface area (Å²) >= 11 is 0. The molecule has 0 N–H and O–H groups in total. The van der Waals surface area contributed by atoms with Crippen LogP contribution in [0.15, 0.2) is 42.6 Å². The van der Waals surface area contributed by atoms with Crippen LogP contribution in [0.4, 0.5) is 4.39 Å². The third-order valence-electron chi connectivity index (χ3n) is 6.66. The minimum Gasteiger partial charge on any atom is -0.345 e.